The van der Waals surface area contributed by atoms with Crippen molar-refractivity contribution in [2.24, 2.45) is 0 Å². The minimum atomic E-state index is -0.486. The second-order valence-electron chi connectivity index (χ2n) is 9.98. The summed E-state index contributed by atoms with van der Waals surface area (Å²) in [4.78, 5) is 0. The molecule has 0 saturated heterocycles. The molecule has 0 spiro atoms. The first-order chi connectivity index (χ1) is 24.9. The van der Waals surface area contributed by atoms with E-state index in [2.05, 4.69) is 11.4 Å². The zero-order valence-corrected chi connectivity index (χ0v) is 22.1. The molecule has 0 fully saturated rings. The molecule has 1 N–H and O–H groups in total. The standard InChI is InChI=1S/C40H27NO/c1-3-10-27(11-4-1)30-15-9-16-34(23-30)41-35-24-32(28-12-5-2-6-13-28)22-33(25-35)31-19-20-37-38-21-18-29-14-7-8-17-36(29)40(38)42-39(37)26-31/h1-26,41H/i1D,2D,3D,4D,5D,6D,10D,11D,12D,13D. The highest BCUT2D eigenvalue weighted by Gasteiger charge is 2.13. The molecule has 8 aromatic rings. The first-order valence-electron chi connectivity index (χ1n) is 18.4. The van der Waals surface area contributed by atoms with Gasteiger partial charge >= 0.3 is 0 Å². The van der Waals surface area contributed by atoms with Gasteiger partial charge in [0.05, 0.1) is 13.7 Å². The summed E-state index contributed by atoms with van der Waals surface area (Å²) in [7, 11) is 0. The van der Waals surface area contributed by atoms with Crippen LogP contribution in [0.1, 0.15) is 13.7 Å². The maximum Gasteiger partial charge on any atom is 0.143 e. The van der Waals surface area contributed by atoms with Crippen molar-refractivity contribution in [1.82, 2.24) is 0 Å². The van der Waals surface area contributed by atoms with E-state index in [1.807, 2.05) is 54.6 Å². The normalized spacial score (nSPS) is 14.7. The van der Waals surface area contributed by atoms with E-state index in [4.69, 9.17) is 18.1 Å². The smallest absolute Gasteiger partial charge is 0.143 e. The van der Waals surface area contributed by atoms with Gasteiger partial charge in [0.2, 0.25) is 0 Å². The molecule has 7 aromatic carbocycles. The molecule has 2 heteroatoms. The lowest BCUT2D eigenvalue weighted by Gasteiger charge is -2.14. The molecule has 2 nitrogen and oxygen atoms in total. The summed E-state index contributed by atoms with van der Waals surface area (Å²) in [6.45, 7) is 0. The SMILES string of the molecule is [2H]c1c([2H])c([2H])c(-c2cccc(Nc3cc(-c4ccc5c(c4)oc4c6ccccc6ccc54)cc(-c4c([2H])c([2H])c([2H])c([2H])c4[2H])c3)c2)c([2H])c1[2H]. The summed E-state index contributed by atoms with van der Waals surface area (Å²) < 4.78 is 89.7. The lowest BCUT2D eigenvalue weighted by molar-refractivity contribution is 0.673. The highest BCUT2D eigenvalue weighted by Crippen LogP contribution is 2.38. The Balaban J connectivity index is 1.29. The minimum Gasteiger partial charge on any atom is -0.455 e. The molecule has 42 heavy (non-hydrogen) atoms. The van der Waals surface area contributed by atoms with Crippen molar-refractivity contribution in [3.8, 4) is 33.4 Å². The van der Waals surface area contributed by atoms with Gasteiger partial charge in [-0.1, -0.05) is 109 Å². The van der Waals surface area contributed by atoms with Gasteiger partial charge in [-0.15, -0.1) is 0 Å². The predicted molar refractivity (Wildman–Crippen MR) is 177 cm³/mol. The Bertz CT molecular complexity index is 2730. The second kappa shape index (κ2) is 10.1. The third-order valence-electron chi connectivity index (χ3n) is 7.36. The van der Waals surface area contributed by atoms with Crippen LogP contribution in [0.5, 0.6) is 0 Å². The average Bonchev–Trinajstić information content (AvgIpc) is 3.53. The molecular formula is C40H27NO. The van der Waals surface area contributed by atoms with Crippen LogP contribution in [0.25, 0.3) is 66.1 Å². The summed E-state index contributed by atoms with van der Waals surface area (Å²) in [5, 5.41) is 7.32. The predicted octanol–water partition coefficient (Wildman–Crippen LogP) is 11.5. The Morgan fingerprint density at radius 2 is 1.12 bits per heavy atom. The van der Waals surface area contributed by atoms with Gasteiger partial charge in [-0.05, 0) is 87.3 Å². The van der Waals surface area contributed by atoms with Gasteiger partial charge in [0.25, 0.3) is 0 Å². The van der Waals surface area contributed by atoms with Gasteiger partial charge < -0.3 is 9.73 Å². The Hall–Kier alpha value is -5.60. The van der Waals surface area contributed by atoms with Crippen LogP contribution in [0.4, 0.5) is 11.4 Å². The molecule has 0 atom stereocenters. The van der Waals surface area contributed by atoms with E-state index in [1.54, 1.807) is 36.4 Å². The molecule has 198 valence electrons. The number of hydrogen-bond acceptors (Lipinski definition) is 2. The maximum absolute atomic E-state index is 8.70. The Morgan fingerprint density at radius 3 is 1.93 bits per heavy atom. The van der Waals surface area contributed by atoms with E-state index in [0.29, 0.717) is 33.6 Å². The van der Waals surface area contributed by atoms with Gasteiger partial charge in [0, 0.05) is 27.5 Å². The third-order valence-corrected chi connectivity index (χ3v) is 7.36. The number of anilines is 2. The quantitative estimate of drug-likeness (QED) is 0.232. The van der Waals surface area contributed by atoms with E-state index in [9.17, 15) is 0 Å². The maximum atomic E-state index is 8.70. The fraction of sp³-hybridized carbons (Fsp3) is 0. The molecule has 0 aliphatic carbocycles. The van der Waals surface area contributed by atoms with Crippen molar-refractivity contribution in [3.63, 3.8) is 0 Å². The number of rotatable bonds is 5. The van der Waals surface area contributed by atoms with Crippen molar-refractivity contribution in [2.75, 3.05) is 5.32 Å². The van der Waals surface area contributed by atoms with Crippen LogP contribution in [-0.2, 0) is 0 Å². The van der Waals surface area contributed by atoms with Crippen molar-refractivity contribution >= 4 is 44.1 Å². The number of benzene rings is 7. The molecule has 8 rings (SSSR count). The van der Waals surface area contributed by atoms with Crippen molar-refractivity contribution in [2.45, 2.75) is 0 Å². The van der Waals surface area contributed by atoms with Gasteiger partial charge in [-0.2, -0.15) is 0 Å². The van der Waals surface area contributed by atoms with Gasteiger partial charge in [-0.25, -0.2) is 0 Å². The van der Waals surface area contributed by atoms with Crippen LogP contribution >= 0.6 is 0 Å². The highest BCUT2D eigenvalue weighted by atomic mass is 16.3. The van der Waals surface area contributed by atoms with E-state index in [-0.39, 0.29) is 35.3 Å². The molecule has 0 bridgehead atoms. The molecule has 1 heterocycles. The first-order valence-corrected chi connectivity index (χ1v) is 13.4. The average molecular weight is 548 g/mol. The molecule has 0 unspecified atom stereocenters. The van der Waals surface area contributed by atoms with Crippen LogP contribution in [0.3, 0.4) is 0 Å². The van der Waals surface area contributed by atoms with Crippen molar-refractivity contribution < 1.29 is 18.1 Å². The molecule has 0 saturated carbocycles. The Morgan fingerprint density at radius 1 is 0.452 bits per heavy atom. The van der Waals surface area contributed by atoms with E-state index in [1.165, 1.54) is 0 Å². The number of furan rings is 1. The molecule has 1 aromatic heterocycles. The van der Waals surface area contributed by atoms with Gasteiger partial charge in [0.1, 0.15) is 11.2 Å². The van der Waals surface area contributed by atoms with E-state index in [0.717, 1.165) is 32.7 Å². The van der Waals surface area contributed by atoms with Gasteiger partial charge in [0.15, 0.2) is 0 Å². The number of hydrogen-bond donors (Lipinski definition) is 1. The summed E-state index contributed by atoms with van der Waals surface area (Å²) >= 11 is 0. The summed E-state index contributed by atoms with van der Waals surface area (Å²) in [5.74, 6) is 0. The summed E-state index contributed by atoms with van der Waals surface area (Å²) in [6, 6.07) is 26.1. The van der Waals surface area contributed by atoms with E-state index < -0.39 is 36.3 Å². The lowest BCUT2D eigenvalue weighted by Crippen LogP contribution is -1.93. The minimum absolute atomic E-state index is 0.0417. The zero-order chi connectivity index (χ0) is 36.6. The lowest BCUT2D eigenvalue weighted by atomic mass is 9.97. The monoisotopic (exact) mass is 547 g/mol. The molecule has 0 aliphatic rings. The summed E-state index contributed by atoms with van der Waals surface area (Å²) in [5.41, 5.74) is 4.84. The van der Waals surface area contributed by atoms with Crippen LogP contribution in [0.2, 0.25) is 0 Å². The highest BCUT2D eigenvalue weighted by molar-refractivity contribution is 6.15. The van der Waals surface area contributed by atoms with Crippen LogP contribution in [-0.4, -0.2) is 0 Å². The third kappa shape index (κ3) is 4.40. The van der Waals surface area contributed by atoms with E-state index >= 15 is 0 Å². The van der Waals surface area contributed by atoms with Crippen molar-refractivity contribution in [3.05, 3.63) is 157 Å². The molecule has 0 radical (unpaired) electrons. The molecule has 0 aliphatic heterocycles. The fourth-order valence-corrected chi connectivity index (χ4v) is 5.40. The Kier molecular flexibility index (Phi) is 3.85. The Labute approximate surface area is 258 Å². The summed E-state index contributed by atoms with van der Waals surface area (Å²) in [6.07, 6.45) is 0. The number of nitrogens with one attached hydrogen (secondary N) is 1. The van der Waals surface area contributed by atoms with Crippen molar-refractivity contribution in [1.29, 1.82) is 0 Å². The van der Waals surface area contributed by atoms with Crippen LogP contribution in [0.15, 0.2) is 162 Å². The first kappa shape index (κ1) is 16.0. The van der Waals surface area contributed by atoms with Gasteiger partial charge in [-0.3, -0.25) is 0 Å². The van der Waals surface area contributed by atoms with Crippen LogP contribution in [0, 0.1) is 0 Å². The zero-order valence-electron chi connectivity index (χ0n) is 32.1. The van der Waals surface area contributed by atoms with Crippen LogP contribution < -0.4 is 5.32 Å². The molecule has 0 amide bonds. The largest absolute Gasteiger partial charge is 0.455 e. The number of fused-ring (bicyclic) bond motifs is 5. The fourth-order valence-electron chi connectivity index (χ4n) is 5.40. The topological polar surface area (TPSA) is 25.2 Å². The molecular weight excluding hydrogens is 510 g/mol. The second-order valence-corrected chi connectivity index (χ2v) is 9.98.